The number of carbonyl (C=O) groups excluding carboxylic acids is 1. The van der Waals surface area contributed by atoms with Crippen LogP contribution in [0.5, 0.6) is 0 Å². The molecule has 0 saturated carbocycles. The van der Waals surface area contributed by atoms with Crippen molar-refractivity contribution in [1.82, 2.24) is 4.90 Å². The van der Waals surface area contributed by atoms with Gasteiger partial charge in [0.15, 0.2) is 0 Å². The van der Waals surface area contributed by atoms with Crippen LogP contribution < -0.4 is 0 Å². The van der Waals surface area contributed by atoms with Crippen LogP contribution in [0.3, 0.4) is 0 Å². The van der Waals surface area contributed by atoms with Gasteiger partial charge in [-0.25, -0.2) is 4.39 Å². The van der Waals surface area contributed by atoms with Crippen molar-refractivity contribution in [2.45, 2.75) is 43.0 Å². The molecule has 0 N–H and O–H groups in total. The third-order valence-corrected chi connectivity index (χ3v) is 7.10. The van der Waals surface area contributed by atoms with Gasteiger partial charge in [-0.2, -0.15) is 11.8 Å². The van der Waals surface area contributed by atoms with E-state index in [2.05, 4.69) is 11.2 Å². The Morgan fingerprint density at radius 2 is 2.00 bits per heavy atom. The minimum atomic E-state index is -0.245. The lowest BCUT2D eigenvalue weighted by Crippen LogP contribution is -2.47. The van der Waals surface area contributed by atoms with E-state index in [1.165, 1.54) is 23.5 Å². The Labute approximate surface area is 137 Å². The Morgan fingerprint density at radius 1 is 1.27 bits per heavy atom. The molecular weight excluding hydrogens is 317 g/mol. The van der Waals surface area contributed by atoms with E-state index in [1.54, 1.807) is 6.07 Å². The fourth-order valence-electron chi connectivity index (χ4n) is 3.90. The molecule has 2 saturated heterocycles. The zero-order valence-electron chi connectivity index (χ0n) is 12.4. The number of nitrogens with zero attached hydrogens (tertiary/aromatic N) is 1. The molecule has 1 aromatic carbocycles. The summed E-state index contributed by atoms with van der Waals surface area (Å²) in [5.41, 5.74) is 0. The highest BCUT2D eigenvalue weighted by Gasteiger charge is 2.43. The predicted octanol–water partition coefficient (Wildman–Crippen LogP) is 4.54. The second-order valence-corrected chi connectivity index (χ2v) is 8.44. The first-order valence-electron chi connectivity index (χ1n) is 7.70. The minimum absolute atomic E-state index is 0.147. The van der Waals surface area contributed by atoms with Crippen LogP contribution in [0.15, 0.2) is 24.3 Å². The maximum absolute atomic E-state index is 13.3. The van der Waals surface area contributed by atoms with E-state index in [4.69, 9.17) is 0 Å². The van der Waals surface area contributed by atoms with Crippen LogP contribution in [0.25, 0.3) is 10.1 Å². The zero-order valence-corrected chi connectivity index (χ0v) is 14.1. The third-order valence-electron chi connectivity index (χ3n) is 4.95. The lowest BCUT2D eigenvalue weighted by atomic mass is 10.0. The van der Waals surface area contributed by atoms with Crippen LogP contribution in [0.1, 0.15) is 35.4 Å². The van der Waals surface area contributed by atoms with E-state index in [1.807, 2.05) is 17.8 Å². The largest absolute Gasteiger partial charge is 0.332 e. The van der Waals surface area contributed by atoms with Crippen LogP contribution in [-0.2, 0) is 0 Å². The number of fused-ring (bicyclic) bond motifs is 3. The second-order valence-electron chi connectivity index (χ2n) is 6.22. The number of thioether (sulfide) groups is 1. The summed E-state index contributed by atoms with van der Waals surface area (Å²) in [6.45, 7) is 0. The number of hydrogen-bond acceptors (Lipinski definition) is 3. The van der Waals surface area contributed by atoms with Gasteiger partial charge in [0.25, 0.3) is 5.91 Å². The molecule has 22 heavy (non-hydrogen) atoms. The number of thiophene rings is 1. The highest BCUT2D eigenvalue weighted by Crippen LogP contribution is 2.41. The second kappa shape index (κ2) is 5.53. The van der Waals surface area contributed by atoms with Crippen LogP contribution in [-0.4, -0.2) is 34.4 Å². The Kier molecular flexibility index (Phi) is 3.65. The molecule has 2 nitrogen and oxygen atoms in total. The van der Waals surface area contributed by atoms with Gasteiger partial charge < -0.3 is 4.90 Å². The van der Waals surface area contributed by atoms with Gasteiger partial charge in [0.1, 0.15) is 5.82 Å². The Bertz CT molecular complexity index is 715. The first-order valence-corrected chi connectivity index (χ1v) is 9.80. The monoisotopic (exact) mass is 335 g/mol. The fraction of sp³-hybridized carbons (Fsp3) is 0.471. The first-order chi connectivity index (χ1) is 10.7. The molecule has 2 aliphatic rings. The molecular formula is C17H18FNOS2. The molecule has 0 aliphatic carbocycles. The van der Waals surface area contributed by atoms with E-state index in [9.17, 15) is 9.18 Å². The van der Waals surface area contributed by atoms with Crippen LogP contribution >= 0.6 is 23.1 Å². The lowest BCUT2D eigenvalue weighted by molar-refractivity contribution is 0.0607. The van der Waals surface area contributed by atoms with Crippen molar-refractivity contribution in [3.63, 3.8) is 0 Å². The van der Waals surface area contributed by atoms with Gasteiger partial charge in [0, 0.05) is 22.0 Å². The summed E-state index contributed by atoms with van der Waals surface area (Å²) in [7, 11) is 0. The molecule has 2 bridgehead atoms. The van der Waals surface area contributed by atoms with Gasteiger partial charge in [0.2, 0.25) is 0 Å². The molecule has 0 spiro atoms. The fourth-order valence-corrected chi connectivity index (χ4v) is 5.71. The van der Waals surface area contributed by atoms with E-state index >= 15 is 0 Å². The molecule has 3 atom stereocenters. The van der Waals surface area contributed by atoms with Gasteiger partial charge in [-0.1, -0.05) is 0 Å². The molecule has 2 aliphatic heterocycles. The molecule has 0 radical (unpaired) electrons. The van der Waals surface area contributed by atoms with Gasteiger partial charge in [0.05, 0.1) is 4.88 Å². The quantitative estimate of drug-likeness (QED) is 0.803. The number of hydrogen-bond donors (Lipinski definition) is 0. The molecule has 1 amide bonds. The van der Waals surface area contributed by atoms with Crippen molar-refractivity contribution in [3.05, 3.63) is 35.0 Å². The van der Waals surface area contributed by atoms with Gasteiger partial charge in [-0.05, 0) is 61.6 Å². The summed E-state index contributed by atoms with van der Waals surface area (Å²) in [6, 6.07) is 7.38. The van der Waals surface area contributed by atoms with Crippen molar-refractivity contribution in [2.24, 2.45) is 0 Å². The van der Waals surface area contributed by atoms with Crippen LogP contribution in [0.2, 0.25) is 0 Å². The van der Waals surface area contributed by atoms with Gasteiger partial charge in [-0.3, -0.25) is 4.79 Å². The predicted molar refractivity (Wildman–Crippen MR) is 91.3 cm³/mol. The lowest BCUT2D eigenvalue weighted by Gasteiger charge is -2.38. The number of carbonyl (C=O) groups is 1. The van der Waals surface area contributed by atoms with Gasteiger partial charge >= 0.3 is 0 Å². The molecule has 1 unspecified atom stereocenters. The molecule has 2 aromatic rings. The number of benzene rings is 1. The molecule has 1 aromatic heterocycles. The summed E-state index contributed by atoms with van der Waals surface area (Å²) >= 11 is 3.41. The summed E-state index contributed by atoms with van der Waals surface area (Å²) in [6.07, 6.45) is 6.66. The molecule has 3 heterocycles. The van der Waals surface area contributed by atoms with Gasteiger partial charge in [-0.15, -0.1) is 11.3 Å². The summed E-state index contributed by atoms with van der Waals surface area (Å²) < 4.78 is 14.3. The topological polar surface area (TPSA) is 20.3 Å². The highest BCUT2D eigenvalue weighted by molar-refractivity contribution is 7.99. The van der Waals surface area contributed by atoms with Crippen molar-refractivity contribution in [2.75, 3.05) is 6.26 Å². The van der Waals surface area contributed by atoms with E-state index < -0.39 is 0 Å². The molecule has 5 heteroatoms. The summed E-state index contributed by atoms with van der Waals surface area (Å²) in [5, 5.41) is 1.53. The molecule has 116 valence electrons. The number of piperidine rings is 1. The third kappa shape index (κ3) is 2.35. The Hall–Kier alpha value is -1.07. The van der Waals surface area contributed by atoms with E-state index in [0.29, 0.717) is 17.3 Å². The van der Waals surface area contributed by atoms with E-state index in [0.717, 1.165) is 40.6 Å². The average molecular weight is 335 g/mol. The number of rotatable bonds is 2. The van der Waals surface area contributed by atoms with Crippen LogP contribution in [0.4, 0.5) is 4.39 Å². The smallest absolute Gasteiger partial charge is 0.264 e. The minimum Gasteiger partial charge on any atom is -0.332 e. The average Bonchev–Trinajstić information content (AvgIpc) is 3.04. The maximum atomic E-state index is 13.3. The SMILES string of the molecule is CSC1C[C@H]2CC[C@@H](C1)N2C(=O)c1cc2cc(F)ccc2s1. The van der Waals surface area contributed by atoms with Crippen molar-refractivity contribution >= 4 is 39.1 Å². The normalized spacial score (nSPS) is 27.5. The number of halogens is 1. The maximum Gasteiger partial charge on any atom is 0.264 e. The van der Waals surface area contributed by atoms with Crippen molar-refractivity contribution in [1.29, 1.82) is 0 Å². The standard InChI is InChI=1S/C17H18FNOS2/c1-21-14-8-12-3-4-13(9-14)19(12)17(20)16-7-10-6-11(18)2-5-15(10)22-16/h2,5-7,12-14H,3-4,8-9H2,1H3/t12-,13+,14?. The molecule has 2 fully saturated rings. The Morgan fingerprint density at radius 3 is 2.68 bits per heavy atom. The van der Waals surface area contributed by atoms with Crippen molar-refractivity contribution in [3.8, 4) is 0 Å². The van der Waals surface area contributed by atoms with E-state index in [-0.39, 0.29) is 11.7 Å². The summed E-state index contributed by atoms with van der Waals surface area (Å²) in [4.78, 5) is 15.8. The Balaban J connectivity index is 1.63. The first kappa shape index (κ1) is 14.5. The highest BCUT2D eigenvalue weighted by atomic mass is 32.2. The van der Waals surface area contributed by atoms with Crippen molar-refractivity contribution < 1.29 is 9.18 Å². The number of amides is 1. The van der Waals surface area contributed by atoms with Crippen LogP contribution in [0, 0.1) is 5.82 Å². The zero-order chi connectivity index (χ0) is 15.3. The molecule has 4 rings (SSSR count). The summed E-state index contributed by atoms with van der Waals surface area (Å²) in [5.74, 6) is -0.0983.